The third-order valence-corrected chi connectivity index (χ3v) is 7.41. The van der Waals surface area contributed by atoms with Crippen molar-refractivity contribution in [2.45, 2.75) is 24.4 Å². The van der Waals surface area contributed by atoms with Gasteiger partial charge in [-0.3, -0.25) is 0 Å². The lowest BCUT2D eigenvalue weighted by atomic mass is 9.81. The number of hydrogen-bond donors (Lipinski definition) is 2. The van der Waals surface area contributed by atoms with E-state index < -0.39 is 5.60 Å². The molecule has 4 heterocycles. The highest BCUT2D eigenvalue weighted by Gasteiger charge is 2.47. The minimum Gasteiger partial charge on any atom is -0.371 e. The minimum atomic E-state index is -1.31. The van der Waals surface area contributed by atoms with Crippen molar-refractivity contribution < 1.29 is 5.11 Å². The van der Waals surface area contributed by atoms with E-state index in [0.29, 0.717) is 15.8 Å². The third kappa shape index (κ3) is 3.61. The Kier molecular flexibility index (Phi) is 5.10. The summed E-state index contributed by atoms with van der Waals surface area (Å²) in [6, 6.07) is 6.21. The van der Waals surface area contributed by atoms with Crippen LogP contribution in [0, 0.1) is 11.8 Å². The van der Waals surface area contributed by atoms with Gasteiger partial charge in [-0.05, 0) is 44.6 Å². The molecule has 7 nitrogen and oxygen atoms in total. The number of rotatable bonds is 2. The Morgan fingerprint density at radius 2 is 2.16 bits per heavy atom. The lowest BCUT2D eigenvalue weighted by molar-refractivity contribution is 0.122. The molecule has 2 aliphatic rings. The molecule has 3 N–H and O–H groups in total. The monoisotopic (exact) mass is 466 g/mol. The van der Waals surface area contributed by atoms with Crippen LogP contribution in [-0.4, -0.2) is 51.6 Å². The van der Waals surface area contributed by atoms with Crippen LogP contribution in [-0.2, 0) is 11.0 Å². The zero-order chi connectivity index (χ0) is 22.5. The second-order valence-electron chi connectivity index (χ2n) is 8.65. The van der Waals surface area contributed by atoms with E-state index in [-0.39, 0.29) is 11.4 Å². The van der Waals surface area contributed by atoms with Gasteiger partial charge < -0.3 is 20.6 Å². The predicted molar refractivity (Wildman–Crippen MR) is 127 cm³/mol. The molecule has 0 aliphatic carbocycles. The van der Waals surface area contributed by atoms with Gasteiger partial charge >= 0.3 is 0 Å². The lowest BCUT2D eigenvalue weighted by Crippen LogP contribution is -2.34. The Morgan fingerprint density at radius 1 is 1.31 bits per heavy atom. The first-order valence-corrected chi connectivity index (χ1v) is 11.6. The summed E-state index contributed by atoms with van der Waals surface area (Å²) in [6.07, 6.45) is 4.26. The van der Waals surface area contributed by atoms with Crippen molar-refractivity contribution in [3.8, 4) is 11.8 Å². The minimum absolute atomic E-state index is 0.00847. The number of benzene rings is 1. The molecule has 2 aromatic heterocycles. The van der Waals surface area contributed by atoms with Crippen LogP contribution in [0.4, 0.5) is 17.5 Å². The zero-order valence-corrected chi connectivity index (χ0v) is 19.4. The largest absolute Gasteiger partial charge is 0.371 e. The van der Waals surface area contributed by atoms with Crippen molar-refractivity contribution in [1.82, 2.24) is 19.9 Å². The van der Waals surface area contributed by atoms with Gasteiger partial charge in [0.05, 0.1) is 6.20 Å². The number of nitrogen functional groups attached to an aromatic ring is 1. The lowest BCUT2D eigenvalue weighted by Gasteiger charge is -2.25. The van der Waals surface area contributed by atoms with Crippen LogP contribution in [0.2, 0.25) is 5.02 Å². The number of aliphatic hydroxyl groups is 1. The van der Waals surface area contributed by atoms with Crippen LogP contribution in [0.25, 0.3) is 0 Å². The molecule has 2 aliphatic heterocycles. The molecule has 0 radical (unpaired) electrons. The van der Waals surface area contributed by atoms with Crippen LogP contribution >= 0.6 is 22.9 Å². The molecule has 0 amide bonds. The molecule has 3 aromatic rings. The molecule has 1 fully saturated rings. The Hall–Kier alpha value is -2.70. The van der Waals surface area contributed by atoms with Gasteiger partial charge in [-0.1, -0.05) is 29.5 Å². The summed E-state index contributed by atoms with van der Waals surface area (Å²) >= 11 is 7.87. The average molecular weight is 467 g/mol. The number of nitrogens with zero attached hydrogens (tertiary/aromatic N) is 5. The molecular formula is C23H23ClN6OS. The molecule has 9 heteroatoms. The van der Waals surface area contributed by atoms with E-state index in [4.69, 9.17) is 17.3 Å². The number of fused-ring (bicyclic) bond motifs is 2. The summed E-state index contributed by atoms with van der Waals surface area (Å²) in [6.45, 7) is 4.41. The summed E-state index contributed by atoms with van der Waals surface area (Å²) in [4.78, 5) is 17.1. The molecule has 1 unspecified atom stereocenters. The second kappa shape index (κ2) is 7.71. The Morgan fingerprint density at radius 3 is 2.88 bits per heavy atom. The highest BCUT2D eigenvalue weighted by atomic mass is 35.5. The fraction of sp³-hybridized carbons (Fsp3) is 0.348. The van der Waals surface area contributed by atoms with Gasteiger partial charge in [0.15, 0.2) is 11.4 Å². The maximum atomic E-state index is 10.7. The van der Waals surface area contributed by atoms with Crippen molar-refractivity contribution in [2.75, 3.05) is 37.3 Å². The van der Waals surface area contributed by atoms with Gasteiger partial charge in [-0.2, -0.15) is 4.98 Å². The standard InChI is InChI=1S/C23H23ClN6OS/c1-22(31,20-26-8-10-32-20)6-5-15-3-4-16-18(11-15)30(14-23(16)7-9-29(2)13-23)19-17(24)12-27-21(25)28-19/h3-4,8,10-12,31H,7,9,13-14H2,1-2H3,(H2,25,27,28)/t22-,23?/m1/s1. The van der Waals surface area contributed by atoms with Crippen LogP contribution in [0.1, 0.15) is 29.5 Å². The molecule has 0 bridgehead atoms. The van der Waals surface area contributed by atoms with Crippen LogP contribution < -0.4 is 10.6 Å². The highest BCUT2D eigenvalue weighted by Crippen LogP contribution is 2.49. The van der Waals surface area contributed by atoms with Gasteiger partial charge in [0.1, 0.15) is 10.0 Å². The molecule has 1 spiro atoms. The van der Waals surface area contributed by atoms with Crippen LogP contribution in [0.3, 0.4) is 0 Å². The summed E-state index contributed by atoms with van der Waals surface area (Å²) in [7, 11) is 2.15. The fourth-order valence-electron chi connectivity index (χ4n) is 4.64. The molecule has 0 saturated carbocycles. The first-order valence-electron chi connectivity index (χ1n) is 10.3. The number of anilines is 3. The van der Waals surface area contributed by atoms with E-state index in [2.05, 4.69) is 49.7 Å². The van der Waals surface area contributed by atoms with Crippen molar-refractivity contribution in [3.05, 3.63) is 57.1 Å². The van der Waals surface area contributed by atoms with E-state index in [9.17, 15) is 5.11 Å². The molecule has 1 aromatic carbocycles. The summed E-state index contributed by atoms with van der Waals surface area (Å²) < 4.78 is 0. The molecule has 5 rings (SSSR count). The van der Waals surface area contributed by atoms with E-state index in [1.807, 2.05) is 17.5 Å². The summed E-state index contributed by atoms with van der Waals surface area (Å²) in [5, 5.41) is 13.6. The van der Waals surface area contributed by atoms with Gasteiger partial charge in [-0.15, -0.1) is 11.3 Å². The molecule has 32 heavy (non-hydrogen) atoms. The van der Waals surface area contributed by atoms with E-state index in [1.54, 1.807) is 19.3 Å². The Labute approximate surface area is 195 Å². The van der Waals surface area contributed by atoms with Crippen molar-refractivity contribution in [2.24, 2.45) is 0 Å². The summed E-state index contributed by atoms with van der Waals surface area (Å²) in [5.74, 6) is 6.88. The number of likely N-dealkylation sites (tertiary alicyclic amines) is 1. The van der Waals surface area contributed by atoms with Gasteiger partial charge in [0, 0.05) is 41.3 Å². The van der Waals surface area contributed by atoms with E-state index in [1.165, 1.54) is 16.9 Å². The van der Waals surface area contributed by atoms with Gasteiger partial charge in [-0.25, -0.2) is 9.97 Å². The van der Waals surface area contributed by atoms with Gasteiger partial charge in [0.25, 0.3) is 0 Å². The number of nitrogens with two attached hydrogens (primary N) is 1. The topological polar surface area (TPSA) is 91.4 Å². The van der Waals surface area contributed by atoms with Crippen molar-refractivity contribution in [1.29, 1.82) is 0 Å². The average Bonchev–Trinajstić information content (AvgIpc) is 3.49. The second-order valence-corrected chi connectivity index (χ2v) is 9.95. The Bertz CT molecular complexity index is 1240. The molecule has 1 saturated heterocycles. The van der Waals surface area contributed by atoms with Crippen molar-refractivity contribution >= 4 is 40.4 Å². The predicted octanol–water partition coefficient (Wildman–Crippen LogP) is 3.15. The third-order valence-electron chi connectivity index (χ3n) is 6.16. The number of hydrogen-bond acceptors (Lipinski definition) is 8. The summed E-state index contributed by atoms with van der Waals surface area (Å²) in [5.41, 5.74) is 7.63. The molecular weight excluding hydrogens is 444 g/mol. The van der Waals surface area contributed by atoms with Gasteiger partial charge in [0.2, 0.25) is 5.95 Å². The number of likely N-dealkylation sites (N-methyl/N-ethyl adjacent to an activating group) is 1. The van der Waals surface area contributed by atoms with Crippen LogP contribution in [0.5, 0.6) is 0 Å². The Balaban J connectivity index is 1.58. The zero-order valence-electron chi connectivity index (χ0n) is 17.8. The van der Waals surface area contributed by atoms with E-state index >= 15 is 0 Å². The SMILES string of the molecule is CN1CCC2(C1)CN(c1nc(N)ncc1Cl)c1cc(C#C[C@@](C)(O)c3nccs3)ccc12. The normalized spacial score (nSPS) is 21.9. The number of halogens is 1. The first-order chi connectivity index (χ1) is 15.3. The quantitative estimate of drug-likeness (QED) is 0.560. The first kappa shape index (κ1) is 21.2. The maximum Gasteiger partial charge on any atom is 0.222 e. The number of thiazole rings is 1. The van der Waals surface area contributed by atoms with Crippen molar-refractivity contribution in [3.63, 3.8) is 0 Å². The fourth-order valence-corrected chi connectivity index (χ4v) is 5.49. The molecule has 164 valence electrons. The maximum absolute atomic E-state index is 10.7. The van der Waals surface area contributed by atoms with Crippen LogP contribution in [0.15, 0.2) is 36.0 Å². The number of aromatic nitrogens is 3. The molecule has 2 atom stereocenters. The highest BCUT2D eigenvalue weighted by molar-refractivity contribution is 7.09. The smallest absolute Gasteiger partial charge is 0.222 e. The van der Waals surface area contributed by atoms with E-state index in [0.717, 1.165) is 37.3 Å².